The molecule has 21 heavy (non-hydrogen) atoms. The van der Waals surface area contributed by atoms with Crippen molar-refractivity contribution in [2.45, 2.75) is 20.8 Å². The number of carbonyl (C=O) groups excluding carboxylic acids is 1. The van der Waals surface area contributed by atoms with Gasteiger partial charge in [0, 0.05) is 18.7 Å². The number of nitrogens with one attached hydrogen (secondary N) is 1. The number of hydrogen-bond donors (Lipinski definition) is 1. The molecular weight excluding hydrogens is 288 g/mol. The maximum atomic E-state index is 12.4. The van der Waals surface area contributed by atoms with Crippen LogP contribution < -0.4 is 4.72 Å². The van der Waals surface area contributed by atoms with Crippen molar-refractivity contribution in [3.63, 3.8) is 0 Å². The van der Waals surface area contributed by atoms with Gasteiger partial charge in [0.25, 0.3) is 5.91 Å². The summed E-state index contributed by atoms with van der Waals surface area (Å²) in [4.78, 5) is 14.1. The van der Waals surface area contributed by atoms with E-state index in [0.717, 1.165) is 17.4 Å². The Morgan fingerprint density at radius 2 is 2.00 bits per heavy atom. The maximum absolute atomic E-state index is 12.4. The number of aryl methyl sites for hydroxylation is 1. The smallest absolute Gasteiger partial charge is 0.254 e. The lowest BCUT2D eigenvalue weighted by Crippen LogP contribution is -2.32. The van der Waals surface area contributed by atoms with Gasteiger partial charge in [-0.25, -0.2) is 8.42 Å². The molecule has 0 heterocycles. The molecule has 0 aromatic heterocycles. The van der Waals surface area contributed by atoms with Crippen LogP contribution in [-0.4, -0.2) is 38.6 Å². The fraction of sp³-hybridized carbons (Fsp3) is 0.400. The highest BCUT2D eigenvalue weighted by atomic mass is 32.2. The predicted octanol–water partition coefficient (Wildman–Crippen LogP) is 2.40. The van der Waals surface area contributed by atoms with E-state index in [-0.39, 0.29) is 5.91 Å². The zero-order chi connectivity index (χ0) is 16.2. The predicted molar refractivity (Wildman–Crippen MR) is 86.0 cm³/mol. The number of anilines is 1. The molecule has 6 heteroatoms. The van der Waals surface area contributed by atoms with E-state index in [1.165, 1.54) is 0 Å². The molecule has 0 unspecified atom stereocenters. The van der Waals surface area contributed by atoms with Gasteiger partial charge in [0.1, 0.15) is 0 Å². The Bertz CT molecular complexity index is 651. The summed E-state index contributed by atoms with van der Waals surface area (Å²) in [6, 6.07) is 5.00. The molecular formula is C15H22N2O3S. The van der Waals surface area contributed by atoms with E-state index >= 15 is 0 Å². The van der Waals surface area contributed by atoms with Gasteiger partial charge >= 0.3 is 0 Å². The number of benzene rings is 1. The monoisotopic (exact) mass is 310 g/mol. The van der Waals surface area contributed by atoms with Gasteiger partial charge in [-0.2, -0.15) is 0 Å². The number of likely N-dealkylation sites (N-methyl/N-ethyl adjacent to an activating group) is 1. The van der Waals surface area contributed by atoms with E-state index in [2.05, 4.69) is 11.3 Å². The Kier molecular flexibility index (Phi) is 5.54. The standard InChI is InChI=1S/C15H22N2O3S/c1-6-17(10-11(2)3)15(18)13-8-7-12(4)14(9-13)16-21(5,19)20/h7-9,16H,2,6,10H2,1,3-5H3. The molecule has 0 aliphatic heterocycles. The van der Waals surface area contributed by atoms with Crippen molar-refractivity contribution in [1.29, 1.82) is 0 Å². The topological polar surface area (TPSA) is 66.5 Å². The molecule has 0 atom stereocenters. The molecule has 0 aliphatic carbocycles. The number of rotatable bonds is 6. The molecule has 116 valence electrons. The van der Waals surface area contributed by atoms with E-state index in [1.54, 1.807) is 30.0 Å². The Morgan fingerprint density at radius 1 is 1.38 bits per heavy atom. The van der Waals surface area contributed by atoms with E-state index < -0.39 is 10.0 Å². The molecule has 0 saturated carbocycles. The lowest BCUT2D eigenvalue weighted by atomic mass is 10.1. The lowest BCUT2D eigenvalue weighted by molar-refractivity contribution is 0.0778. The minimum Gasteiger partial charge on any atom is -0.335 e. The summed E-state index contributed by atoms with van der Waals surface area (Å²) in [7, 11) is -3.38. The van der Waals surface area contributed by atoms with Crippen LogP contribution in [0.15, 0.2) is 30.4 Å². The normalized spacial score (nSPS) is 11.0. The molecule has 1 rings (SSSR count). The van der Waals surface area contributed by atoms with Crippen LogP contribution in [0.4, 0.5) is 5.69 Å². The molecule has 5 nitrogen and oxygen atoms in total. The third-order valence-corrected chi connectivity index (χ3v) is 3.50. The minimum absolute atomic E-state index is 0.142. The van der Waals surface area contributed by atoms with Crippen molar-refractivity contribution in [3.05, 3.63) is 41.5 Å². The first-order valence-corrected chi connectivity index (χ1v) is 8.55. The SMILES string of the molecule is C=C(C)CN(CC)C(=O)c1ccc(C)c(NS(C)(=O)=O)c1. The average molecular weight is 310 g/mol. The molecule has 0 spiro atoms. The van der Waals surface area contributed by atoms with Crippen LogP contribution in [0.1, 0.15) is 29.8 Å². The summed E-state index contributed by atoms with van der Waals surface area (Å²) < 4.78 is 25.1. The molecule has 0 fully saturated rings. The van der Waals surface area contributed by atoms with Gasteiger partial charge in [-0.3, -0.25) is 9.52 Å². The largest absolute Gasteiger partial charge is 0.335 e. The molecule has 1 N–H and O–H groups in total. The first-order valence-electron chi connectivity index (χ1n) is 6.66. The highest BCUT2D eigenvalue weighted by molar-refractivity contribution is 7.92. The number of sulfonamides is 1. The van der Waals surface area contributed by atoms with Crippen LogP contribution >= 0.6 is 0 Å². The van der Waals surface area contributed by atoms with Gasteiger partial charge in [0.2, 0.25) is 10.0 Å². The van der Waals surface area contributed by atoms with E-state index in [4.69, 9.17) is 0 Å². The van der Waals surface area contributed by atoms with Crippen molar-refractivity contribution in [1.82, 2.24) is 4.90 Å². The highest BCUT2D eigenvalue weighted by Crippen LogP contribution is 2.19. The Balaban J connectivity index is 3.10. The van der Waals surface area contributed by atoms with Crippen molar-refractivity contribution in [3.8, 4) is 0 Å². The highest BCUT2D eigenvalue weighted by Gasteiger charge is 2.16. The summed E-state index contributed by atoms with van der Waals surface area (Å²) in [5.74, 6) is -0.142. The van der Waals surface area contributed by atoms with E-state index in [0.29, 0.717) is 24.3 Å². The zero-order valence-corrected chi connectivity index (χ0v) is 13.8. The summed E-state index contributed by atoms with van der Waals surface area (Å²) in [6.07, 6.45) is 1.08. The average Bonchev–Trinajstić information content (AvgIpc) is 2.36. The molecule has 0 bridgehead atoms. The second-order valence-electron chi connectivity index (χ2n) is 5.18. The van der Waals surface area contributed by atoms with Crippen LogP contribution in [-0.2, 0) is 10.0 Å². The van der Waals surface area contributed by atoms with Gasteiger partial charge in [-0.15, -0.1) is 0 Å². The number of amides is 1. The second kappa shape index (κ2) is 6.76. The van der Waals surface area contributed by atoms with Gasteiger partial charge in [0.05, 0.1) is 11.9 Å². The fourth-order valence-electron chi connectivity index (χ4n) is 1.90. The third-order valence-electron chi connectivity index (χ3n) is 2.91. The van der Waals surface area contributed by atoms with E-state index in [1.807, 2.05) is 13.8 Å². The summed E-state index contributed by atoms with van der Waals surface area (Å²) in [6.45, 7) is 10.4. The molecule has 0 saturated heterocycles. The zero-order valence-electron chi connectivity index (χ0n) is 12.9. The second-order valence-corrected chi connectivity index (χ2v) is 6.93. The molecule has 1 amide bonds. The first kappa shape index (κ1) is 17.2. The van der Waals surface area contributed by atoms with Crippen molar-refractivity contribution < 1.29 is 13.2 Å². The van der Waals surface area contributed by atoms with Crippen LogP contribution in [0.2, 0.25) is 0 Å². The third kappa shape index (κ3) is 5.23. The number of nitrogens with zero attached hydrogens (tertiary/aromatic N) is 1. The Hall–Kier alpha value is -1.82. The summed E-state index contributed by atoms with van der Waals surface area (Å²) >= 11 is 0. The van der Waals surface area contributed by atoms with Crippen molar-refractivity contribution >= 4 is 21.6 Å². The fourth-order valence-corrected chi connectivity index (χ4v) is 2.52. The molecule has 1 aromatic rings. The lowest BCUT2D eigenvalue weighted by Gasteiger charge is -2.21. The minimum atomic E-state index is -3.38. The van der Waals surface area contributed by atoms with Gasteiger partial charge < -0.3 is 4.90 Å². The van der Waals surface area contributed by atoms with Gasteiger partial charge in [0.15, 0.2) is 0 Å². The summed E-state index contributed by atoms with van der Waals surface area (Å²) in [5, 5.41) is 0. The van der Waals surface area contributed by atoms with E-state index in [9.17, 15) is 13.2 Å². The van der Waals surface area contributed by atoms with Crippen LogP contribution in [0.25, 0.3) is 0 Å². The first-order chi connectivity index (χ1) is 9.64. The summed E-state index contributed by atoms with van der Waals surface area (Å²) in [5.41, 5.74) is 2.54. The van der Waals surface area contributed by atoms with Gasteiger partial charge in [-0.1, -0.05) is 18.2 Å². The van der Waals surface area contributed by atoms with Crippen molar-refractivity contribution in [2.75, 3.05) is 24.1 Å². The number of carbonyl (C=O) groups is 1. The molecule has 1 aromatic carbocycles. The Labute approximate surface area is 126 Å². The van der Waals surface area contributed by atoms with Crippen LogP contribution in [0.5, 0.6) is 0 Å². The Morgan fingerprint density at radius 3 is 2.48 bits per heavy atom. The number of hydrogen-bond acceptors (Lipinski definition) is 3. The van der Waals surface area contributed by atoms with Gasteiger partial charge in [-0.05, 0) is 38.5 Å². The molecule has 0 aliphatic rings. The molecule has 0 radical (unpaired) electrons. The maximum Gasteiger partial charge on any atom is 0.254 e. The van der Waals surface area contributed by atoms with Crippen LogP contribution in [0.3, 0.4) is 0 Å². The van der Waals surface area contributed by atoms with Crippen LogP contribution in [0, 0.1) is 6.92 Å². The van der Waals surface area contributed by atoms with Crippen molar-refractivity contribution in [2.24, 2.45) is 0 Å². The quantitative estimate of drug-likeness (QED) is 0.821.